The Morgan fingerprint density at radius 2 is 1.73 bits per heavy atom. The van der Waals surface area contributed by atoms with E-state index in [0.29, 0.717) is 33.3 Å². The van der Waals surface area contributed by atoms with Crippen molar-refractivity contribution in [2.24, 2.45) is 5.92 Å². The summed E-state index contributed by atoms with van der Waals surface area (Å²) >= 11 is 12.7. The van der Waals surface area contributed by atoms with E-state index in [2.05, 4.69) is 31.1 Å². The Hall–Kier alpha value is -3.44. The molecule has 45 heavy (non-hydrogen) atoms. The molecule has 4 heterocycles. The average molecular weight is 656 g/mol. The molecule has 1 amide bonds. The molecule has 1 atom stereocenters. The minimum absolute atomic E-state index is 0.00588. The molecular formula is C33H40Cl2N6O4. The van der Waals surface area contributed by atoms with Crippen molar-refractivity contribution in [3.8, 4) is 22.9 Å². The predicted molar refractivity (Wildman–Crippen MR) is 176 cm³/mol. The first-order valence-corrected chi connectivity index (χ1v) is 16.2. The molecule has 2 aliphatic rings. The number of nitrogens with zero attached hydrogens (tertiary/aromatic N) is 5. The van der Waals surface area contributed by atoms with E-state index in [4.69, 9.17) is 38.0 Å². The Labute approximate surface area is 274 Å². The van der Waals surface area contributed by atoms with Gasteiger partial charge in [-0.15, -0.1) is 0 Å². The van der Waals surface area contributed by atoms with Gasteiger partial charge in [0.05, 0.1) is 18.3 Å². The van der Waals surface area contributed by atoms with Gasteiger partial charge in [-0.3, -0.25) is 19.4 Å². The molecule has 0 saturated carbocycles. The van der Waals surface area contributed by atoms with E-state index < -0.39 is 5.97 Å². The van der Waals surface area contributed by atoms with Crippen molar-refractivity contribution in [3.63, 3.8) is 0 Å². The van der Waals surface area contributed by atoms with Crippen LogP contribution in [0.15, 0.2) is 48.7 Å². The molecule has 0 spiro atoms. The lowest BCUT2D eigenvalue weighted by atomic mass is 9.96. The minimum Gasteiger partial charge on any atom is -0.481 e. The number of benzene rings is 1. The summed E-state index contributed by atoms with van der Waals surface area (Å²) in [7, 11) is 0. The molecule has 2 N–H and O–H groups in total. The first-order chi connectivity index (χ1) is 21.6. The van der Waals surface area contributed by atoms with Crippen LogP contribution in [0, 0.1) is 5.92 Å². The second kappa shape index (κ2) is 15.2. The number of piperidine rings is 1. The number of rotatable bonds is 11. The number of carbonyl (C=O) groups is 2. The molecule has 0 bridgehead atoms. The number of hydrogen-bond donors (Lipinski definition) is 2. The second-order valence-corrected chi connectivity index (χ2v) is 12.8. The summed E-state index contributed by atoms with van der Waals surface area (Å²) in [6.07, 6.45) is 3.91. The average Bonchev–Trinajstić information content (AvgIpc) is 3.00. The van der Waals surface area contributed by atoms with Crippen LogP contribution >= 0.6 is 23.2 Å². The number of likely N-dealkylation sites (tertiary alicyclic amines) is 1. The molecule has 1 aromatic carbocycles. The van der Waals surface area contributed by atoms with Crippen LogP contribution in [0.3, 0.4) is 0 Å². The number of carboxylic acid groups (broad SMARTS) is 1. The van der Waals surface area contributed by atoms with Crippen LogP contribution < -0.4 is 15.0 Å². The fourth-order valence-electron chi connectivity index (χ4n) is 5.96. The third-order valence-corrected chi connectivity index (χ3v) is 8.88. The molecule has 0 radical (unpaired) electrons. The number of hydrogen-bond acceptors (Lipinski definition) is 8. The van der Waals surface area contributed by atoms with Crippen LogP contribution in [0.25, 0.3) is 11.3 Å². The van der Waals surface area contributed by atoms with Gasteiger partial charge in [-0.25, -0.2) is 9.97 Å². The zero-order chi connectivity index (χ0) is 31.9. The highest BCUT2D eigenvalue weighted by atomic mass is 35.5. The zero-order valence-corrected chi connectivity index (χ0v) is 27.2. The van der Waals surface area contributed by atoms with Gasteiger partial charge in [0.25, 0.3) is 0 Å². The van der Waals surface area contributed by atoms with Crippen molar-refractivity contribution in [1.29, 1.82) is 0 Å². The normalized spacial score (nSPS) is 17.2. The van der Waals surface area contributed by atoms with Crippen LogP contribution in [-0.2, 0) is 16.1 Å². The number of aliphatic carboxylic acids is 1. The number of carboxylic acids is 1. The first kappa shape index (κ1) is 32.9. The molecular weight excluding hydrogens is 615 g/mol. The largest absolute Gasteiger partial charge is 0.481 e. The summed E-state index contributed by atoms with van der Waals surface area (Å²) in [6.45, 7) is 9.99. The standard InChI is InChI=1S/C33H40Cl2N6O4/c1-22(13-33(43)44)40-9-11-41(12-10-40)31-4-3-29(20-37-31)45-32-15-25(14-30(38-32)26-16-27(34)18-28(35)17-26)21-39-7-5-24(6-8-39)19-36-23(2)42/h3-4,14-18,20,22,24H,5-13,19,21H2,1-2H3,(H,36,42)(H,43,44). The van der Waals surface area contributed by atoms with Crippen molar-refractivity contribution >= 4 is 40.9 Å². The Morgan fingerprint density at radius 1 is 1.02 bits per heavy atom. The van der Waals surface area contributed by atoms with Crippen molar-refractivity contribution in [3.05, 3.63) is 64.3 Å². The van der Waals surface area contributed by atoms with E-state index in [1.165, 1.54) is 0 Å². The molecule has 2 aromatic heterocycles. The van der Waals surface area contributed by atoms with Crippen LogP contribution in [-0.4, -0.2) is 88.6 Å². The molecule has 1 unspecified atom stereocenters. The van der Waals surface area contributed by atoms with Crippen molar-refractivity contribution in [1.82, 2.24) is 25.1 Å². The van der Waals surface area contributed by atoms with Crippen molar-refractivity contribution in [2.75, 3.05) is 50.7 Å². The smallest absolute Gasteiger partial charge is 0.304 e. The topological polar surface area (TPSA) is 111 Å². The lowest BCUT2D eigenvalue weighted by Gasteiger charge is -2.38. The fraction of sp³-hybridized carbons (Fsp3) is 0.455. The molecule has 10 nitrogen and oxygen atoms in total. The van der Waals surface area contributed by atoms with Gasteiger partial charge in [-0.05, 0) is 80.7 Å². The number of carbonyl (C=O) groups excluding carboxylic acids is 1. The number of halogens is 2. The van der Waals surface area contributed by atoms with E-state index in [-0.39, 0.29) is 18.4 Å². The molecule has 2 aliphatic heterocycles. The second-order valence-electron chi connectivity index (χ2n) is 11.9. The SMILES string of the molecule is CC(=O)NCC1CCN(Cc2cc(Oc3ccc(N4CCN(C(C)CC(=O)O)CC4)nc3)nc(-c3cc(Cl)cc(Cl)c3)c2)CC1. The van der Waals surface area contributed by atoms with E-state index in [0.717, 1.165) is 82.1 Å². The van der Waals surface area contributed by atoms with Gasteiger partial charge in [-0.1, -0.05) is 23.2 Å². The Morgan fingerprint density at radius 3 is 2.36 bits per heavy atom. The van der Waals surface area contributed by atoms with E-state index in [1.54, 1.807) is 19.2 Å². The number of nitrogens with one attached hydrogen (secondary N) is 1. The van der Waals surface area contributed by atoms with Crippen LogP contribution in [0.2, 0.25) is 10.0 Å². The maximum Gasteiger partial charge on any atom is 0.304 e. The van der Waals surface area contributed by atoms with Gasteiger partial charge >= 0.3 is 5.97 Å². The highest BCUT2D eigenvalue weighted by Crippen LogP contribution is 2.31. The van der Waals surface area contributed by atoms with Gasteiger partial charge in [0.2, 0.25) is 11.8 Å². The lowest BCUT2D eigenvalue weighted by Crippen LogP contribution is -2.50. The van der Waals surface area contributed by atoms with E-state index >= 15 is 0 Å². The number of aromatic nitrogens is 2. The highest BCUT2D eigenvalue weighted by Gasteiger charge is 2.24. The summed E-state index contributed by atoms with van der Waals surface area (Å²) in [6, 6.07) is 13.2. The lowest BCUT2D eigenvalue weighted by molar-refractivity contribution is -0.138. The van der Waals surface area contributed by atoms with Gasteiger partial charge in [0.15, 0.2) is 0 Å². The number of ether oxygens (including phenoxy) is 1. The molecule has 240 valence electrons. The first-order valence-electron chi connectivity index (χ1n) is 15.4. The summed E-state index contributed by atoms with van der Waals surface area (Å²) in [4.78, 5) is 38.7. The highest BCUT2D eigenvalue weighted by molar-refractivity contribution is 6.35. The fourth-order valence-corrected chi connectivity index (χ4v) is 6.49. The zero-order valence-electron chi connectivity index (χ0n) is 25.7. The van der Waals surface area contributed by atoms with Gasteiger partial charge < -0.3 is 20.1 Å². The third kappa shape index (κ3) is 9.53. The van der Waals surface area contributed by atoms with Crippen LogP contribution in [0.4, 0.5) is 5.82 Å². The molecule has 2 saturated heterocycles. The summed E-state index contributed by atoms with van der Waals surface area (Å²) in [5.74, 6) is 1.62. The quantitative estimate of drug-likeness (QED) is 0.274. The van der Waals surface area contributed by atoms with Crippen LogP contribution in [0.5, 0.6) is 11.6 Å². The van der Waals surface area contributed by atoms with Crippen molar-refractivity contribution in [2.45, 2.75) is 45.7 Å². The Balaban J connectivity index is 1.27. The Kier molecular flexibility index (Phi) is 11.1. The number of anilines is 1. The maximum atomic E-state index is 11.3. The van der Waals surface area contributed by atoms with E-state index in [9.17, 15) is 9.59 Å². The van der Waals surface area contributed by atoms with Gasteiger partial charge in [0, 0.05) is 73.9 Å². The van der Waals surface area contributed by atoms with Gasteiger partial charge in [0.1, 0.15) is 11.6 Å². The molecule has 3 aromatic rings. The number of amides is 1. The predicted octanol–water partition coefficient (Wildman–Crippen LogP) is 5.58. The molecule has 0 aliphatic carbocycles. The Bertz CT molecular complexity index is 1450. The molecule has 5 rings (SSSR count). The maximum absolute atomic E-state index is 11.3. The number of pyridine rings is 2. The summed E-state index contributed by atoms with van der Waals surface area (Å²) < 4.78 is 6.25. The molecule has 12 heteroatoms. The minimum atomic E-state index is -0.773. The van der Waals surface area contributed by atoms with Gasteiger partial charge in [-0.2, -0.15) is 0 Å². The summed E-state index contributed by atoms with van der Waals surface area (Å²) in [5, 5.41) is 13.1. The van der Waals surface area contributed by atoms with E-state index in [1.807, 2.05) is 37.3 Å². The third-order valence-electron chi connectivity index (χ3n) is 8.45. The monoisotopic (exact) mass is 654 g/mol. The summed E-state index contributed by atoms with van der Waals surface area (Å²) in [5.41, 5.74) is 2.58. The van der Waals surface area contributed by atoms with Crippen LogP contribution in [0.1, 0.15) is 38.7 Å². The molecule has 2 fully saturated rings. The van der Waals surface area contributed by atoms with Crippen molar-refractivity contribution < 1.29 is 19.4 Å². The number of piperazine rings is 1.